The number of urea groups is 1. The van der Waals surface area contributed by atoms with Gasteiger partial charge in [-0.3, -0.25) is 9.59 Å². The molecule has 1 aromatic heterocycles. The standard InChI is InChI=1S/C47H52N6O5/c54-43(49-30-33-13-3-1-4-14-33)42(21-11-12-26-48-46(57)58-32-34-15-5-2-6-16-34)53-31-41-37(36-18-8-10-20-39(36)50-41)29-40(44(53)55)51-45(56)52-27-24-47(25-28-52)23-22-35-17-7-9-19-38(35)47/h1-10,13-20,40,42,50H,11-12,21-32H2,(H,48,57)(H,49,54)(H,51,56)/t40-,42+/m1/s1. The van der Waals surface area contributed by atoms with Gasteiger partial charge in [0.05, 0.1) is 6.54 Å². The maximum Gasteiger partial charge on any atom is 0.407 e. The van der Waals surface area contributed by atoms with Crippen LogP contribution in [0.5, 0.6) is 0 Å². The molecule has 1 fully saturated rings. The van der Waals surface area contributed by atoms with E-state index in [1.165, 1.54) is 11.1 Å². The molecule has 5 amide bonds. The van der Waals surface area contributed by atoms with Gasteiger partial charge < -0.3 is 35.5 Å². The topological polar surface area (TPSA) is 136 Å². The first kappa shape index (κ1) is 38.8. The third-order valence-corrected chi connectivity index (χ3v) is 12.4. The number of nitrogens with zero attached hydrogens (tertiary/aromatic N) is 2. The van der Waals surface area contributed by atoms with Crippen molar-refractivity contribution in [3.8, 4) is 0 Å². The zero-order valence-corrected chi connectivity index (χ0v) is 32.9. The number of rotatable bonds is 12. The summed E-state index contributed by atoms with van der Waals surface area (Å²) in [4.78, 5) is 62.6. The van der Waals surface area contributed by atoms with Crippen LogP contribution in [0.2, 0.25) is 0 Å². The Morgan fingerprint density at radius 2 is 1.52 bits per heavy atom. The quantitative estimate of drug-likeness (QED) is 0.102. The Balaban J connectivity index is 0.981. The molecule has 300 valence electrons. The second-order valence-electron chi connectivity index (χ2n) is 15.9. The number of likely N-dealkylation sites (tertiary alicyclic amines) is 1. The predicted octanol–water partition coefficient (Wildman–Crippen LogP) is 6.89. The smallest absolute Gasteiger partial charge is 0.407 e. The number of ether oxygens (including phenoxy) is 1. The van der Waals surface area contributed by atoms with Crippen LogP contribution in [0.3, 0.4) is 0 Å². The van der Waals surface area contributed by atoms with Crippen molar-refractivity contribution in [3.63, 3.8) is 0 Å². The number of aromatic amines is 1. The summed E-state index contributed by atoms with van der Waals surface area (Å²) in [6, 6.07) is 33.9. The van der Waals surface area contributed by atoms with Gasteiger partial charge in [-0.05, 0) is 84.2 Å². The lowest BCUT2D eigenvalue weighted by Crippen LogP contribution is -2.57. The Labute approximate surface area is 339 Å². The molecule has 3 aliphatic rings. The number of aryl methyl sites for hydroxylation is 1. The molecule has 8 rings (SSSR count). The first-order valence-corrected chi connectivity index (χ1v) is 20.7. The Kier molecular flexibility index (Phi) is 11.8. The molecule has 11 nitrogen and oxygen atoms in total. The number of H-pyrrole nitrogens is 1. The molecule has 4 aromatic carbocycles. The van der Waals surface area contributed by atoms with Gasteiger partial charge in [-0.25, -0.2) is 9.59 Å². The molecular formula is C47H52N6O5. The normalized spacial score (nSPS) is 17.6. The number of unbranched alkanes of at least 4 members (excludes halogenated alkanes) is 1. The molecule has 1 spiro atoms. The summed E-state index contributed by atoms with van der Waals surface area (Å²) in [7, 11) is 0. The number of para-hydroxylation sites is 1. The van der Waals surface area contributed by atoms with E-state index in [9.17, 15) is 19.2 Å². The van der Waals surface area contributed by atoms with Crippen LogP contribution in [0.1, 0.15) is 72.0 Å². The van der Waals surface area contributed by atoms with Crippen LogP contribution in [-0.4, -0.2) is 70.4 Å². The number of benzene rings is 4. The highest BCUT2D eigenvalue weighted by molar-refractivity contribution is 5.94. The lowest BCUT2D eigenvalue weighted by atomic mass is 9.74. The molecule has 58 heavy (non-hydrogen) atoms. The lowest BCUT2D eigenvalue weighted by molar-refractivity contribution is -0.142. The molecule has 0 saturated carbocycles. The summed E-state index contributed by atoms with van der Waals surface area (Å²) in [6.07, 6.45) is 5.23. The molecule has 0 unspecified atom stereocenters. The molecule has 11 heteroatoms. The summed E-state index contributed by atoms with van der Waals surface area (Å²) in [5.41, 5.74) is 7.55. The highest BCUT2D eigenvalue weighted by atomic mass is 16.5. The zero-order valence-electron chi connectivity index (χ0n) is 32.9. The predicted molar refractivity (Wildman–Crippen MR) is 223 cm³/mol. The number of amides is 5. The van der Waals surface area contributed by atoms with Gasteiger partial charge in [0, 0.05) is 49.2 Å². The molecule has 0 radical (unpaired) electrons. The van der Waals surface area contributed by atoms with Crippen molar-refractivity contribution in [1.29, 1.82) is 0 Å². The summed E-state index contributed by atoms with van der Waals surface area (Å²) in [6.45, 7) is 2.25. The molecule has 4 N–H and O–H groups in total. The molecule has 5 aromatic rings. The first-order valence-electron chi connectivity index (χ1n) is 20.7. The minimum Gasteiger partial charge on any atom is -0.445 e. The van der Waals surface area contributed by atoms with Gasteiger partial charge >= 0.3 is 12.1 Å². The lowest BCUT2D eigenvalue weighted by Gasteiger charge is -2.40. The minimum atomic E-state index is -0.874. The maximum absolute atomic E-state index is 14.8. The number of alkyl carbamates (subject to hydrolysis) is 1. The van der Waals surface area contributed by atoms with Crippen LogP contribution >= 0.6 is 0 Å². The largest absolute Gasteiger partial charge is 0.445 e. The second-order valence-corrected chi connectivity index (χ2v) is 15.9. The average Bonchev–Trinajstić information content (AvgIpc) is 3.76. The summed E-state index contributed by atoms with van der Waals surface area (Å²) in [5.74, 6) is -0.557. The number of aromatic nitrogens is 1. The van der Waals surface area contributed by atoms with Crippen LogP contribution in [-0.2, 0) is 52.3 Å². The van der Waals surface area contributed by atoms with Gasteiger partial charge in [-0.1, -0.05) is 103 Å². The van der Waals surface area contributed by atoms with E-state index in [2.05, 4.69) is 45.2 Å². The average molecular weight is 781 g/mol. The van der Waals surface area contributed by atoms with Gasteiger partial charge in [0.1, 0.15) is 18.7 Å². The molecule has 2 atom stereocenters. The fourth-order valence-corrected chi connectivity index (χ4v) is 9.16. The number of nitrogens with one attached hydrogen (secondary N) is 4. The van der Waals surface area contributed by atoms with Crippen LogP contribution in [0.25, 0.3) is 10.9 Å². The van der Waals surface area contributed by atoms with Crippen molar-refractivity contribution in [3.05, 3.63) is 143 Å². The monoisotopic (exact) mass is 780 g/mol. The molecular weight excluding hydrogens is 729 g/mol. The van der Waals surface area contributed by atoms with Crippen molar-refractivity contribution >= 4 is 34.8 Å². The molecule has 0 bridgehead atoms. The fraction of sp³-hybridized carbons (Fsp3) is 0.362. The van der Waals surface area contributed by atoms with Gasteiger partial charge in [0.25, 0.3) is 0 Å². The number of hydrogen-bond donors (Lipinski definition) is 4. The highest BCUT2D eigenvalue weighted by Crippen LogP contribution is 2.46. The van der Waals surface area contributed by atoms with Crippen molar-refractivity contribution < 1.29 is 23.9 Å². The number of carbonyl (C=O) groups excluding carboxylic acids is 4. The van der Waals surface area contributed by atoms with Gasteiger partial charge in [0.15, 0.2) is 0 Å². The third kappa shape index (κ3) is 8.58. The summed E-state index contributed by atoms with van der Waals surface area (Å²) in [5, 5.41) is 10.1. The van der Waals surface area contributed by atoms with E-state index in [1.54, 1.807) is 4.90 Å². The molecule has 3 heterocycles. The van der Waals surface area contributed by atoms with E-state index in [0.29, 0.717) is 51.9 Å². The van der Waals surface area contributed by atoms with Crippen molar-refractivity contribution in [2.45, 2.75) is 88.6 Å². The second kappa shape index (κ2) is 17.6. The van der Waals surface area contributed by atoms with E-state index in [4.69, 9.17) is 4.74 Å². The Hall–Kier alpha value is -6.10. The third-order valence-electron chi connectivity index (χ3n) is 12.4. The first-order chi connectivity index (χ1) is 28.4. The van der Waals surface area contributed by atoms with Crippen molar-refractivity contribution in [2.75, 3.05) is 19.6 Å². The van der Waals surface area contributed by atoms with Crippen molar-refractivity contribution in [2.24, 2.45) is 0 Å². The highest BCUT2D eigenvalue weighted by Gasteiger charge is 2.43. The number of fused-ring (bicyclic) bond motifs is 5. The molecule has 1 aliphatic carbocycles. The van der Waals surface area contributed by atoms with Gasteiger partial charge in [0.2, 0.25) is 11.8 Å². The SMILES string of the molecule is O=C(NCCCC[C@@H](C(=O)NCc1ccccc1)N1Cc2[nH]c3ccccc3c2C[C@@H](NC(=O)N2CCC3(CCc4ccccc43)CC2)C1=O)OCc1ccccc1. The summed E-state index contributed by atoms with van der Waals surface area (Å²) >= 11 is 0. The Bertz CT molecular complexity index is 2230. The Morgan fingerprint density at radius 1 is 0.810 bits per heavy atom. The van der Waals surface area contributed by atoms with Crippen LogP contribution < -0.4 is 16.0 Å². The van der Waals surface area contributed by atoms with E-state index in [0.717, 1.165) is 59.0 Å². The minimum absolute atomic E-state index is 0.0968. The zero-order chi connectivity index (χ0) is 39.9. The maximum atomic E-state index is 14.8. The van der Waals surface area contributed by atoms with E-state index in [-0.39, 0.29) is 36.4 Å². The van der Waals surface area contributed by atoms with Crippen molar-refractivity contribution in [1.82, 2.24) is 30.7 Å². The summed E-state index contributed by atoms with van der Waals surface area (Å²) < 4.78 is 5.37. The van der Waals surface area contributed by atoms with Crippen LogP contribution in [0.15, 0.2) is 109 Å². The van der Waals surface area contributed by atoms with Crippen LogP contribution in [0.4, 0.5) is 9.59 Å². The number of piperidine rings is 1. The fourth-order valence-electron chi connectivity index (χ4n) is 9.16. The number of hydrogen-bond acceptors (Lipinski definition) is 5. The molecule has 2 aliphatic heterocycles. The molecule has 1 saturated heterocycles. The van der Waals surface area contributed by atoms with Gasteiger partial charge in [-0.2, -0.15) is 0 Å². The van der Waals surface area contributed by atoms with E-state index >= 15 is 0 Å². The van der Waals surface area contributed by atoms with E-state index in [1.807, 2.05) is 89.8 Å². The van der Waals surface area contributed by atoms with Gasteiger partial charge in [-0.15, -0.1) is 0 Å². The van der Waals surface area contributed by atoms with Crippen LogP contribution in [0, 0.1) is 0 Å². The number of carbonyl (C=O) groups is 4. The van der Waals surface area contributed by atoms with E-state index < -0.39 is 18.2 Å². The Morgan fingerprint density at radius 3 is 2.31 bits per heavy atom.